The van der Waals surface area contributed by atoms with Gasteiger partial charge in [0.05, 0.1) is 12.2 Å². The normalized spacial score (nSPS) is 22.5. The van der Waals surface area contributed by atoms with Crippen LogP contribution in [0.3, 0.4) is 0 Å². The van der Waals surface area contributed by atoms with Crippen LogP contribution in [0.25, 0.3) is 0 Å². The van der Waals surface area contributed by atoms with E-state index in [2.05, 4.69) is 12.2 Å². The molecule has 0 aromatic rings. The lowest BCUT2D eigenvalue weighted by Gasteiger charge is -2.25. The smallest absolute Gasteiger partial charge is 0.109 e. The van der Waals surface area contributed by atoms with Crippen molar-refractivity contribution in [3.05, 3.63) is 6.92 Å². The topological polar surface area (TPSA) is 113 Å². The number of hydrogen-bond acceptors (Lipinski definition) is 6. The number of hydrogen-bond donors (Lipinski definition) is 6. The molecule has 5 unspecified atom stereocenters. The zero-order chi connectivity index (χ0) is 11.3. The molecule has 0 saturated heterocycles. The Morgan fingerprint density at radius 2 is 1.57 bits per heavy atom. The molecular formula is C8H18NO5. The summed E-state index contributed by atoms with van der Waals surface area (Å²) in [5.41, 5.74) is 0. The van der Waals surface area contributed by atoms with Gasteiger partial charge in [0.15, 0.2) is 0 Å². The van der Waals surface area contributed by atoms with Gasteiger partial charge in [-0.05, 0) is 13.8 Å². The zero-order valence-corrected chi connectivity index (χ0v) is 8.04. The average molecular weight is 208 g/mol. The van der Waals surface area contributed by atoms with Crippen LogP contribution in [0.4, 0.5) is 0 Å². The number of nitrogens with one attached hydrogen (secondary N) is 1. The standard InChI is InChI=1S/C8H18NO5/c1-4(10)7(13)8(14)6(12)3-9-5(2)11/h4-14H,1,3H2,2H3. The molecule has 0 spiro atoms. The van der Waals surface area contributed by atoms with E-state index in [-0.39, 0.29) is 6.54 Å². The highest BCUT2D eigenvalue weighted by Crippen LogP contribution is 2.03. The van der Waals surface area contributed by atoms with Crippen molar-refractivity contribution in [3.8, 4) is 0 Å². The first-order chi connectivity index (χ1) is 6.36. The molecule has 6 N–H and O–H groups in total. The van der Waals surface area contributed by atoms with Crippen molar-refractivity contribution < 1.29 is 25.5 Å². The Bertz CT molecular complexity index is 153. The lowest BCUT2D eigenvalue weighted by atomic mass is 10.0. The van der Waals surface area contributed by atoms with Gasteiger partial charge in [-0.25, -0.2) is 0 Å². The second-order valence-electron chi connectivity index (χ2n) is 3.20. The van der Waals surface area contributed by atoms with Gasteiger partial charge >= 0.3 is 0 Å². The molecule has 0 amide bonds. The molecule has 0 bridgehead atoms. The zero-order valence-electron chi connectivity index (χ0n) is 8.04. The van der Waals surface area contributed by atoms with E-state index in [9.17, 15) is 10.2 Å². The van der Waals surface area contributed by atoms with E-state index in [4.69, 9.17) is 15.3 Å². The molecule has 6 heteroatoms. The maximum Gasteiger partial charge on any atom is 0.109 e. The Hall–Kier alpha value is -0.240. The van der Waals surface area contributed by atoms with Gasteiger partial charge in [-0.3, -0.25) is 5.32 Å². The third-order valence-electron chi connectivity index (χ3n) is 1.76. The first-order valence-corrected chi connectivity index (χ1v) is 4.33. The highest BCUT2D eigenvalue weighted by Gasteiger charge is 2.27. The van der Waals surface area contributed by atoms with Gasteiger partial charge in [-0.15, -0.1) is 0 Å². The molecule has 0 fully saturated rings. The molecule has 1 radical (unpaired) electrons. The van der Waals surface area contributed by atoms with E-state index in [1.165, 1.54) is 6.92 Å². The van der Waals surface area contributed by atoms with E-state index in [1.807, 2.05) is 0 Å². The highest BCUT2D eigenvalue weighted by molar-refractivity contribution is 4.82. The van der Waals surface area contributed by atoms with E-state index in [0.29, 0.717) is 0 Å². The highest BCUT2D eigenvalue weighted by atomic mass is 16.4. The predicted molar refractivity (Wildman–Crippen MR) is 49.1 cm³/mol. The molecule has 6 nitrogen and oxygen atoms in total. The maximum absolute atomic E-state index is 9.26. The molecule has 0 aliphatic rings. The SMILES string of the molecule is [CH2]C(O)C(O)C(O)C(O)CNC(C)O. The molecule has 0 aliphatic heterocycles. The fourth-order valence-corrected chi connectivity index (χ4v) is 0.867. The third kappa shape index (κ3) is 4.85. The monoisotopic (exact) mass is 208 g/mol. The number of rotatable bonds is 6. The van der Waals surface area contributed by atoms with Crippen molar-refractivity contribution >= 4 is 0 Å². The maximum atomic E-state index is 9.26. The summed E-state index contributed by atoms with van der Waals surface area (Å²) >= 11 is 0. The minimum absolute atomic E-state index is 0.0946. The third-order valence-corrected chi connectivity index (χ3v) is 1.76. The van der Waals surface area contributed by atoms with Crippen molar-refractivity contribution in [2.45, 2.75) is 37.6 Å². The Labute approximate surface area is 82.8 Å². The van der Waals surface area contributed by atoms with Crippen molar-refractivity contribution in [2.24, 2.45) is 0 Å². The molecule has 14 heavy (non-hydrogen) atoms. The molecule has 85 valence electrons. The number of aliphatic hydroxyl groups excluding tert-OH is 5. The molecule has 5 atom stereocenters. The Morgan fingerprint density at radius 1 is 1.07 bits per heavy atom. The van der Waals surface area contributed by atoms with Gasteiger partial charge in [-0.1, -0.05) is 0 Å². The van der Waals surface area contributed by atoms with Crippen LogP contribution < -0.4 is 5.32 Å². The lowest BCUT2D eigenvalue weighted by Crippen LogP contribution is -2.48. The summed E-state index contributed by atoms with van der Waals surface area (Å²) < 4.78 is 0. The van der Waals surface area contributed by atoms with E-state index in [1.54, 1.807) is 0 Å². The van der Waals surface area contributed by atoms with Crippen molar-refractivity contribution in [1.29, 1.82) is 0 Å². The van der Waals surface area contributed by atoms with Crippen molar-refractivity contribution in [1.82, 2.24) is 5.32 Å². The van der Waals surface area contributed by atoms with E-state index >= 15 is 0 Å². The van der Waals surface area contributed by atoms with Gasteiger partial charge in [-0.2, -0.15) is 0 Å². The van der Waals surface area contributed by atoms with Crippen LogP contribution >= 0.6 is 0 Å². The van der Waals surface area contributed by atoms with Crippen LogP contribution in [0.5, 0.6) is 0 Å². The molecule has 0 aliphatic carbocycles. The molecule has 0 aromatic carbocycles. The predicted octanol–water partition coefficient (Wildman–Crippen LogP) is -2.81. The van der Waals surface area contributed by atoms with Crippen molar-refractivity contribution in [2.75, 3.05) is 6.54 Å². The van der Waals surface area contributed by atoms with Crippen LogP contribution in [0.2, 0.25) is 0 Å². The Balaban J connectivity index is 3.92. The molecule has 0 heterocycles. The van der Waals surface area contributed by atoms with Gasteiger partial charge < -0.3 is 25.5 Å². The average Bonchev–Trinajstić information content (AvgIpc) is 2.11. The first-order valence-electron chi connectivity index (χ1n) is 4.33. The summed E-state index contributed by atoms with van der Waals surface area (Å²) in [5.74, 6) is 0. The molecular weight excluding hydrogens is 190 g/mol. The van der Waals surface area contributed by atoms with Gasteiger partial charge in [0.25, 0.3) is 0 Å². The largest absolute Gasteiger partial charge is 0.390 e. The second-order valence-corrected chi connectivity index (χ2v) is 3.20. The fraction of sp³-hybridized carbons (Fsp3) is 0.875. The minimum atomic E-state index is -1.51. The molecule has 0 rings (SSSR count). The Morgan fingerprint density at radius 3 is 1.93 bits per heavy atom. The quantitative estimate of drug-likeness (QED) is 0.263. The van der Waals surface area contributed by atoms with Crippen LogP contribution in [0.15, 0.2) is 0 Å². The summed E-state index contributed by atoms with van der Waals surface area (Å²) in [5, 5.41) is 47.7. The molecule has 0 saturated carbocycles. The van der Waals surface area contributed by atoms with Gasteiger partial charge in [0.1, 0.15) is 18.4 Å². The van der Waals surface area contributed by atoms with Gasteiger partial charge in [0.2, 0.25) is 0 Å². The van der Waals surface area contributed by atoms with Crippen LogP contribution in [-0.4, -0.2) is 62.7 Å². The van der Waals surface area contributed by atoms with Crippen LogP contribution in [-0.2, 0) is 0 Å². The van der Waals surface area contributed by atoms with E-state index < -0.39 is 30.6 Å². The summed E-state index contributed by atoms with van der Waals surface area (Å²) in [7, 11) is 0. The van der Waals surface area contributed by atoms with Crippen LogP contribution in [0, 0.1) is 6.92 Å². The van der Waals surface area contributed by atoms with Gasteiger partial charge in [0, 0.05) is 6.54 Å². The van der Waals surface area contributed by atoms with E-state index in [0.717, 1.165) is 0 Å². The Kier molecular flexibility index (Phi) is 6.17. The van der Waals surface area contributed by atoms with Crippen molar-refractivity contribution in [3.63, 3.8) is 0 Å². The van der Waals surface area contributed by atoms with Crippen LogP contribution in [0.1, 0.15) is 6.92 Å². The summed E-state index contributed by atoms with van der Waals surface area (Å²) in [4.78, 5) is 0. The summed E-state index contributed by atoms with van der Waals surface area (Å²) in [6.07, 6.45) is -6.49. The minimum Gasteiger partial charge on any atom is -0.390 e. The second kappa shape index (κ2) is 6.28. The summed E-state index contributed by atoms with van der Waals surface area (Å²) in [6, 6.07) is 0. The molecule has 0 aromatic heterocycles. The first kappa shape index (κ1) is 13.8. The number of aliphatic hydroxyl groups is 5. The fourth-order valence-electron chi connectivity index (χ4n) is 0.867. The summed E-state index contributed by atoms with van der Waals surface area (Å²) in [6.45, 7) is 4.46. The lowest BCUT2D eigenvalue weighted by molar-refractivity contribution is -0.0945.